The molecule has 0 N–H and O–H groups in total. The Balaban J connectivity index is 1.48. The molecule has 27 heavy (non-hydrogen) atoms. The Morgan fingerprint density at radius 2 is 1.93 bits per heavy atom. The quantitative estimate of drug-likeness (QED) is 0.771. The van der Waals surface area contributed by atoms with Crippen LogP contribution in [0.1, 0.15) is 18.4 Å². The first-order valence-corrected chi connectivity index (χ1v) is 9.21. The number of piperidine rings is 1. The molecule has 0 saturated carbocycles. The van der Waals surface area contributed by atoms with E-state index in [4.69, 9.17) is 4.74 Å². The van der Waals surface area contributed by atoms with E-state index in [1.807, 2.05) is 44.4 Å². The van der Waals surface area contributed by atoms with Gasteiger partial charge in [-0.1, -0.05) is 30.3 Å². The summed E-state index contributed by atoms with van der Waals surface area (Å²) in [5.41, 5.74) is 1.61. The summed E-state index contributed by atoms with van der Waals surface area (Å²) in [7, 11) is 3.69. The van der Waals surface area contributed by atoms with Crippen LogP contribution >= 0.6 is 0 Å². The highest BCUT2D eigenvalue weighted by Gasteiger charge is 2.23. The molecule has 0 bridgehead atoms. The van der Waals surface area contributed by atoms with Gasteiger partial charge in [-0.25, -0.2) is 4.68 Å². The molecule has 1 fully saturated rings. The average Bonchev–Trinajstić information content (AvgIpc) is 2.69. The number of hydrogen-bond donors (Lipinski definition) is 0. The number of amides is 1. The number of anilines is 1. The van der Waals surface area contributed by atoms with E-state index in [0.717, 1.165) is 24.1 Å². The van der Waals surface area contributed by atoms with Crippen molar-refractivity contribution < 1.29 is 9.53 Å². The van der Waals surface area contributed by atoms with Gasteiger partial charge >= 0.3 is 0 Å². The van der Waals surface area contributed by atoms with E-state index >= 15 is 0 Å². The zero-order valence-corrected chi connectivity index (χ0v) is 15.9. The van der Waals surface area contributed by atoms with Gasteiger partial charge in [0.2, 0.25) is 5.91 Å². The average molecular weight is 370 g/mol. The highest BCUT2D eigenvalue weighted by molar-refractivity contribution is 5.76. The summed E-state index contributed by atoms with van der Waals surface area (Å²) in [5, 5.41) is 4.10. The van der Waals surface area contributed by atoms with Crippen LogP contribution in [0.5, 0.6) is 0 Å². The van der Waals surface area contributed by atoms with Crippen LogP contribution in [0.3, 0.4) is 0 Å². The molecule has 1 saturated heterocycles. The number of benzene rings is 1. The van der Waals surface area contributed by atoms with E-state index in [0.29, 0.717) is 19.7 Å². The third kappa shape index (κ3) is 5.17. The van der Waals surface area contributed by atoms with Gasteiger partial charge in [-0.05, 0) is 18.4 Å². The lowest BCUT2D eigenvalue weighted by Crippen LogP contribution is -2.43. The molecule has 7 heteroatoms. The summed E-state index contributed by atoms with van der Waals surface area (Å²) in [4.78, 5) is 28.2. The molecule has 3 rings (SSSR count). The Labute approximate surface area is 159 Å². The maximum absolute atomic E-state index is 12.5. The van der Waals surface area contributed by atoms with Crippen LogP contribution in [0, 0.1) is 0 Å². The van der Waals surface area contributed by atoms with Crippen molar-refractivity contribution in [3.8, 4) is 0 Å². The number of ether oxygens (including phenoxy) is 1. The minimum Gasteiger partial charge on any atom is -0.376 e. The molecule has 0 aliphatic carbocycles. The Hall–Kier alpha value is -2.67. The molecule has 1 aliphatic heterocycles. The lowest BCUT2D eigenvalue weighted by molar-refractivity contribution is -0.134. The third-order valence-corrected chi connectivity index (χ3v) is 4.78. The van der Waals surface area contributed by atoms with E-state index in [1.165, 1.54) is 10.7 Å². The van der Waals surface area contributed by atoms with Gasteiger partial charge in [0, 0.05) is 33.3 Å². The number of aromatic nitrogens is 2. The standard InChI is InChI=1S/C20H26N4O3/c1-22(2)17-12-19(25)24(21-13-17)14-20(26)23-10-8-18(9-11-23)27-15-16-6-4-3-5-7-16/h3-7,12-13,18H,8-11,14-15H2,1-2H3. The van der Waals surface area contributed by atoms with Gasteiger partial charge < -0.3 is 14.5 Å². The first-order valence-electron chi connectivity index (χ1n) is 9.21. The number of hydrogen-bond acceptors (Lipinski definition) is 5. The Morgan fingerprint density at radius 1 is 1.22 bits per heavy atom. The fraction of sp³-hybridized carbons (Fsp3) is 0.450. The first-order chi connectivity index (χ1) is 13.0. The number of carbonyl (C=O) groups is 1. The number of carbonyl (C=O) groups excluding carboxylic acids is 1. The lowest BCUT2D eigenvalue weighted by Gasteiger charge is -2.32. The van der Waals surface area contributed by atoms with Crippen LogP contribution in [0.4, 0.5) is 5.69 Å². The van der Waals surface area contributed by atoms with Crippen molar-refractivity contribution in [3.63, 3.8) is 0 Å². The van der Waals surface area contributed by atoms with Crippen molar-refractivity contribution in [1.82, 2.24) is 14.7 Å². The summed E-state index contributed by atoms with van der Waals surface area (Å²) >= 11 is 0. The first kappa shape index (κ1) is 19.1. The predicted molar refractivity (Wildman–Crippen MR) is 104 cm³/mol. The van der Waals surface area contributed by atoms with Gasteiger partial charge in [-0.3, -0.25) is 9.59 Å². The Morgan fingerprint density at radius 3 is 2.56 bits per heavy atom. The summed E-state index contributed by atoms with van der Waals surface area (Å²) in [6.07, 6.45) is 3.37. The van der Waals surface area contributed by atoms with E-state index in [9.17, 15) is 9.59 Å². The minimum atomic E-state index is -0.268. The summed E-state index contributed by atoms with van der Waals surface area (Å²) in [6, 6.07) is 11.6. The lowest BCUT2D eigenvalue weighted by atomic mass is 10.1. The van der Waals surface area contributed by atoms with Crippen LogP contribution in [0.25, 0.3) is 0 Å². The Kier molecular flexibility index (Phi) is 6.24. The maximum atomic E-state index is 12.5. The molecule has 0 atom stereocenters. The smallest absolute Gasteiger partial charge is 0.269 e. The monoisotopic (exact) mass is 370 g/mol. The SMILES string of the molecule is CN(C)c1cnn(CC(=O)N2CCC(OCc3ccccc3)CC2)c(=O)c1. The molecule has 0 spiro atoms. The summed E-state index contributed by atoms with van der Waals surface area (Å²) in [5.74, 6) is -0.0799. The van der Waals surface area contributed by atoms with Gasteiger partial charge in [0.25, 0.3) is 5.56 Å². The molecular formula is C20H26N4O3. The highest BCUT2D eigenvalue weighted by atomic mass is 16.5. The van der Waals surface area contributed by atoms with Crippen LogP contribution in [-0.4, -0.2) is 53.9 Å². The van der Waals surface area contributed by atoms with Crippen molar-refractivity contribution in [3.05, 3.63) is 58.5 Å². The molecule has 1 amide bonds. The minimum absolute atomic E-state index is 0.0257. The second-order valence-corrected chi connectivity index (χ2v) is 6.98. The van der Waals surface area contributed by atoms with Crippen LogP contribution in [0.2, 0.25) is 0 Å². The van der Waals surface area contributed by atoms with E-state index < -0.39 is 0 Å². The maximum Gasteiger partial charge on any atom is 0.269 e. The van der Waals surface area contributed by atoms with Crippen LogP contribution in [-0.2, 0) is 22.7 Å². The zero-order chi connectivity index (χ0) is 19.2. The fourth-order valence-electron chi connectivity index (χ4n) is 3.08. The number of likely N-dealkylation sites (tertiary alicyclic amines) is 1. The van der Waals surface area contributed by atoms with Gasteiger partial charge in [0.1, 0.15) is 6.54 Å². The van der Waals surface area contributed by atoms with E-state index in [1.54, 1.807) is 16.0 Å². The third-order valence-electron chi connectivity index (χ3n) is 4.78. The molecule has 2 heterocycles. The molecule has 2 aromatic rings. The van der Waals surface area contributed by atoms with Crippen molar-refractivity contribution in [1.29, 1.82) is 0 Å². The van der Waals surface area contributed by atoms with Crippen molar-refractivity contribution in [2.45, 2.75) is 32.1 Å². The molecule has 1 aliphatic rings. The second-order valence-electron chi connectivity index (χ2n) is 6.98. The summed E-state index contributed by atoms with van der Waals surface area (Å²) in [6.45, 7) is 1.85. The largest absolute Gasteiger partial charge is 0.376 e. The van der Waals surface area contributed by atoms with Crippen LogP contribution < -0.4 is 10.5 Å². The molecule has 7 nitrogen and oxygen atoms in total. The van der Waals surface area contributed by atoms with Gasteiger partial charge in [-0.15, -0.1) is 0 Å². The van der Waals surface area contributed by atoms with Gasteiger partial charge in [0.15, 0.2) is 0 Å². The van der Waals surface area contributed by atoms with E-state index in [2.05, 4.69) is 5.10 Å². The number of rotatable bonds is 6. The molecular weight excluding hydrogens is 344 g/mol. The molecule has 0 radical (unpaired) electrons. The topological polar surface area (TPSA) is 67.7 Å². The highest BCUT2D eigenvalue weighted by Crippen LogP contribution is 2.16. The molecule has 0 unspecified atom stereocenters. The molecule has 144 valence electrons. The molecule has 1 aromatic heterocycles. The van der Waals surface area contributed by atoms with Crippen molar-refractivity contribution in [2.24, 2.45) is 0 Å². The Bertz CT molecular complexity index is 811. The van der Waals surface area contributed by atoms with Gasteiger partial charge in [-0.2, -0.15) is 5.10 Å². The summed E-state index contributed by atoms with van der Waals surface area (Å²) < 4.78 is 7.18. The van der Waals surface area contributed by atoms with Gasteiger partial charge in [0.05, 0.1) is 24.6 Å². The van der Waals surface area contributed by atoms with Crippen molar-refractivity contribution >= 4 is 11.6 Å². The molecule has 1 aromatic carbocycles. The fourth-order valence-corrected chi connectivity index (χ4v) is 3.08. The second kappa shape index (κ2) is 8.81. The normalized spacial score (nSPS) is 15.0. The van der Waals surface area contributed by atoms with Crippen molar-refractivity contribution in [2.75, 3.05) is 32.1 Å². The number of nitrogens with zero attached hydrogens (tertiary/aromatic N) is 4. The predicted octanol–water partition coefficient (Wildman–Crippen LogP) is 1.52. The van der Waals surface area contributed by atoms with Crippen LogP contribution in [0.15, 0.2) is 47.4 Å². The zero-order valence-electron chi connectivity index (χ0n) is 15.9. The van der Waals surface area contributed by atoms with E-state index in [-0.39, 0.29) is 24.1 Å².